The molecule has 3 atom stereocenters. The highest BCUT2D eigenvalue weighted by atomic mass is 35.5. The Kier molecular flexibility index (Phi) is 8.42. The summed E-state index contributed by atoms with van der Waals surface area (Å²) in [7, 11) is 0. The van der Waals surface area contributed by atoms with E-state index in [1.165, 1.54) is 9.88 Å². The van der Waals surface area contributed by atoms with Gasteiger partial charge in [0, 0.05) is 30.4 Å². The number of morpholine rings is 1. The average molecular weight is 396 g/mol. The molecule has 0 aromatic carbocycles. The maximum Gasteiger partial charge on any atom is 0.242 e. The summed E-state index contributed by atoms with van der Waals surface area (Å²) in [6, 6.07) is -0.202. The van der Waals surface area contributed by atoms with E-state index in [0.29, 0.717) is 12.5 Å². The van der Waals surface area contributed by atoms with Crippen LogP contribution < -0.4 is 5.32 Å². The van der Waals surface area contributed by atoms with Gasteiger partial charge in [0.25, 0.3) is 0 Å². The fourth-order valence-corrected chi connectivity index (χ4v) is 4.31. The Balaban J connectivity index is 0.00000144. The number of thiazole rings is 1. The van der Waals surface area contributed by atoms with Gasteiger partial charge in [0.1, 0.15) is 6.04 Å². The number of nitrogens with zero attached hydrogens (tertiary/aromatic N) is 2. The second-order valence-electron chi connectivity index (χ2n) is 6.32. The van der Waals surface area contributed by atoms with Crippen molar-refractivity contribution in [3.05, 3.63) is 15.6 Å². The van der Waals surface area contributed by atoms with E-state index in [9.17, 15) is 4.79 Å². The fourth-order valence-electron chi connectivity index (χ4n) is 3.26. The molecule has 1 unspecified atom stereocenters. The van der Waals surface area contributed by atoms with Crippen LogP contribution in [-0.2, 0) is 9.53 Å². The number of amides is 1. The monoisotopic (exact) mass is 395 g/mol. The van der Waals surface area contributed by atoms with Gasteiger partial charge in [-0.3, -0.25) is 4.79 Å². The zero-order chi connectivity index (χ0) is 15.7. The van der Waals surface area contributed by atoms with Crippen molar-refractivity contribution in [1.29, 1.82) is 0 Å². The van der Waals surface area contributed by atoms with Gasteiger partial charge < -0.3 is 15.0 Å². The molecule has 8 heteroatoms. The molecule has 24 heavy (non-hydrogen) atoms. The number of hydrogen-bond donors (Lipinski definition) is 1. The Morgan fingerprint density at radius 1 is 1.38 bits per heavy atom. The molecule has 2 aliphatic heterocycles. The molecular weight excluding hydrogens is 369 g/mol. The van der Waals surface area contributed by atoms with Crippen LogP contribution in [0.25, 0.3) is 0 Å². The second-order valence-corrected chi connectivity index (χ2v) is 7.56. The summed E-state index contributed by atoms with van der Waals surface area (Å²) in [5, 5.41) is 4.49. The molecule has 2 fully saturated rings. The van der Waals surface area contributed by atoms with Crippen molar-refractivity contribution in [2.75, 3.05) is 26.2 Å². The van der Waals surface area contributed by atoms with Crippen LogP contribution in [0.15, 0.2) is 0 Å². The summed E-state index contributed by atoms with van der Waals surface area (Å²) in [6.45, 7) is 9.23. The third-order valence-corrected chi connectivity index (χ3v) is 5.95. The number of halogens is 2. The first-order chi connectivity index (χ1) is 10.6. The number of rotatable bonds is 2. The van der Waals surface area contributed by atoms with E-state index in [0.717, 1.165) is 38.2 Å². The molecule has 3 heterocycles. The number of aryl methyl sites for hydroxylation is 2. The highest BCUT2D eigenvalue weighted by Gasteiger charge is 2.34. The minimum Gasteiger partial charge on any atom is -0.375 e. The lowest BCUT2D eigenvalue weighted by molar-refractivity contribution is -0.140. The smallest absolute Gasteiger partial charge is 0.242 e. The van der Waals surface area contributed by atoms with Crippen LogP contribution in [0.3, 0.4) is 0 Å². The first kappa shape index (κ1) is 21.6. The molecular formula is C16H27Cl2N3O2S. The highest BCUT2D eigenvalue weighted by Crippen LogP contribution is 2.31. The number of nitrogens with one attached hydrogen (secondary N) is 1. The number of aromatic nitrogens is 1. The molecule has 0 radical (unpaired) electrons. The Hall–Kier alpha value is -0.400. The van der Waals surface area contributed by atoms with Crippen LogP contribution in [0.5, 0.6) is 0 Å². The fraction of sp³-hybridized carbons (Fsp3) is 0.750. The molecule has 0 aliphatic carbocycles. The van der Waals surface area contributed by atoms with Crippen molar-refractivity contribution in [3.8, 4) is 0 Å². The molecule has 5 nitrogen and oxygen atoms in total. The maximum absolute atomic E-state index is 12.8. The predicted octanol–water partition coefficient (Wildman–Crippen LogP) is 2.69. The standard InChI is InChI=1S/C16H25N3O2S.2ClH/c1-10-12(3)22-15(18-10)13-5-4-7-19(9-13)16(20)14-11(2)21-8-6-17-14;;/h11,13-14,17H,4-9H2,1-3H3;2*1H/t11-,13?,14+;;/m1../s1. The number of likely N-dealkylation sites (tertiary alicyclic amines) is 1. The molecule has 2 saturated heterocycles. The number of carbonyl (C=O) groups excluding carboxylic acids is 1. The van der Waals surface area contributed by atoms with Gasteiger partial charge in [0.15, 0.2) is 0 Å². The van der Waals surface area contributed by atoms with Crippen molar-refractivity contribution < 1.29 is 9.53 Å². The Morgan fingerprint density at radius 2 is 2.12 bits per heavy atom. The summed E-state index contributed by atoms with van der Waals surface area (Å²) >= 11 is 1.78. The van der Waals surface area contributed by atoms with Crippen molar-refractivity contribution >= 4 is 42.1 Å². The normalized spacial score (nSPS) is 27.1. The first-order valence-electron chi connectivity index (χ1n) is 8.14. The Labute approximate surface area is 160 Å². The van der Waals surface area contributed by atoms with Crippen molar-refractivity contribution in [2.24, 2.45) is 0 Å². The van der Waals surface area contributed by atoms with Gasteiger partial charge in [-0.25, -0.2) is 4.98 Å². The minimum atomic E-state index is -0.202. The average Bonchev–Trinajstić information content (AvgIpc) is 2.87. The van der Waals surface area contributed by atoms with E-state index in [4.69, 9.17) is 9.72 Å². The molecule has 138 valence electrons. The molecule has 0 saturated carbocycles. The Morgan fingerprint density at radius 3 is 2.75 bits per heavy atom. The third kappa shape index (κ3) is 4.61. The van der Waals surface area contributed by atoms with E-state index in [1.807, 2.05) is 11.8 Å². The predicted molar refractivity (Wildman–Crippen MR) is 102 cm³/mol. The topological polar surface area (TPSA) is 54.5 Å². The van der Waals surface area contributed by atoms with Gasteiger partial charge in [-0.05, 0) is 33.6 Å². The summed E-state index contributed by atoms with van der Waals surface area (Å²) in [6.07, 6.45) is 2.13. The van der Waals surface area contributed by atoms with Gasteiger partial charge >= 0.3 is 0 Å². The van der Waals surface area contributed by atoms with Crippen LogP contribution in [0.1, 0.15) is 41.3 Å². The van der Waals surface area contributed by atoms with E-state index < -0.39 is 0 Å². The van der Waals surface area contributed by atoms with Gasteiger partial charge in [-0.2, -0.15) is 0 Å². The van der Waals surface area contributed by atoms with E-state index in [1.54, 1.807) is 11.3 Å². The van der Waals surface area contributed by atoms with Gasteiger partial charge in [-0.15, -0.1) is 36.2 Å². The van der Waals surface area contributed by atoms with Crippen LogP contribution in [0.2, 0.25) is 0 Å². The lowest BCUT2D eigenvalue weighted by Crippen LogP contribution is -2.57. The van der Waals surface area contributed by atoms with E-state index >= 15 is 0 Å². The molecule has 1 amide bonds. The number of hydrogen-bond acceptors (Lipinski definition) is 5. The van der Waals surface area contributed by atoms with E-state index in [2.05, 4.69) is 19.2 Å². The summed E-state index contributed by atoms with van der Waals surface area (Å²) in [4.78, 5) is 20.8. The van der Waals surface area contributed by atoms with Crippen molar-refractivity contribution in [2.45, 2.75) is 51.7 Å². The highest BCUT2D eigenvalue weighted by molar-refractivity contribution is 7.11. The third-order valence-electron chi connectivity index (χ3n) is 4.71. The van der Waals surface area contributed by atoms with Crippen molar-refractivity contribution in [1.82, 2.24) is 15.2 Å². The molecule has 1 aromatic heterocycles. The summed E-state index contributed by atoms with van der Waals surface area (Å²) < 4.78 is 5.61. The lowest BCUT2D eigenvalue weighted by atomic mass is 9.97. The van der Waals surface area contributed by atoms with Gasteiger partial charge in [0.2, 0.25) is 5.91 Å². The largest absolute Gasteiger partial charge is 0.375 e. The van der Waals surface area contributed by atoms with Crippen LogP contribution in [-0.4, -0.2) is 54.2 Å². The summed E-state index contributed by atoms with van der Waals surface area (Å²) in [5.41, 5.74) is 1.12. The van der Waals surface area contributed by atoms with Crippen LogP contribution in [0, 0.1) is 13.8 Å². The van der Waals surface area contributed by atoms with Crippen LogP contribution >= 0.6 is 36.2 Å². The van der Waals surface area contributed by atoms with Crippen LogP contribution in [0.4, 0.5) is 0 Å². The SMILES string of the molecule is Cc1nc(C2CCCN(C(=O)[C@H]3NCCO[C@@H]3C)C2)sc1C.Cl.Cl. The van der Waals surface area contributed by atoms with E-state index in [-0.39, 0.29) is 42.9 Å². The number of ether oxygens (including phenoxy) is 1. The molecule has 0 bridgehead atoms. The first-order valence-corrected chi connectivity index (χ1v) is 8.95. The number of piperidine rings is 1. The lowest BCUT2D eigenvalue weighted by Gasteiger charge is -2.37. The number of carbonyl (C=O) groups is 1. The quantitative estimate of drug-likeness (QED) is 0.835. The van der Waals surface area contributed by atoms with Crippen molar-refractivity contribution in [3.63, 3.8) is 0 Å². The van der Waals surface area contributed by atoms with Gasteiger partial charge in [-0.1, -0.05) is 0 Å². The second kappa shape index (κ2) is 9.34. The molecule has 0 spiro atoms. The maximum atomic E-state index is 12.8. The molecule has 2 aliphatic rings. The Bertz CT molecular complexity index is 536. The zero-order valence-corrected chi connectivity index (χ0v) is 16.9. The van der Waals surface area contributed by atoms with Gasteiger partial charge in [0.05, 0.1) is 23.4 Å². The summed E-state index contributed by atoms with van der Waals surface area (Å²) in [5.74, 6) is 0.566. The molecule has 1 N–H and O–H groups in total. The minimum absolute atomic E-state index is 0. The zero-order valence-electron chi connectivity index (χ0n) is 14.4. The molecule has 3 rings (SSSR count). The molecule has 1 aromatic rings.